The molecule has 4 heteroatoms. The van der Waals surface area contributed by atoms with Crippen molar-refractivity contribution in [1.29, 1.82) is 0 Å². The predicted molar refractivity (Wildman–Crippen MR) is 70.4 cm³/mol. The van der Waals surface area contributed by atoms with E-state index in [4.69, 9.17) is 0 Å². The van der Waals surface area contributed by atoms with Crippen LogP contribution in [0.3, 0.4) is 0 Å². The van der Waals surface area contributed by atoms with Crippen LogP contribution in [-0.2, 0) is 0 Å². The number of pyridine rings is 1. The van der Waals surface area contributed by atoms with Gasteiger partial charge in [0.05, 0.1) is 16.3 Å². The molecule has 1 N–H and O–H groups in total. The first-order chi connectivity index (χ1) is 8.24. The molecule has 84 valence electrons. The number of para-hydroxylation sites is 1. The van der Waals surface area contributed by atoms with Gasteiger partial charge in [0.2, 0.25) is 0 Å². The Labute approximate surface area is 102 Å². The highest BCUT2D eigenvalue weighted by molar-refractivity contribution is 7.09. The molecule has 0 saturated carbocycles. The fourth-order valence-electron chi connectivity index (χ4n) is 1.82. The van der Waals surface area contributed by atoms with Crippen molar-refractivity contribution in [1.82, 2.24) is 9.97 Å². The Bertz CT molecular complexity index is 742. The van der Waals surface area contributed by atoms with Gasteiger partial charge >= 0.3 is 0 Å². The third-order valence-electron chi connectivity index (χ3n) is 2.65. The molecule has 2 heterocycles. The molecule has 3 nitrogen and oxygen atoms in total. The van der Waals surface area contributed by atoms with Gasteiger partial charge in [0.25, 0.3) is 5.56 Å². The van der Waals surface area contributed by atoms with Crippen molar-refractivity contribution in [3.05, 3.63) is 51.1 Å². The van der Waals surface area contributed by atoms with Gasteiger partial charge in [0.1, 0.15) is 0 Å². The number of nitrogens with zero attached hydrogens (tertiary/aromatic N) is 1. The molecule has 1 aromatic carbocycles. The van der Waals surface area contributed by atoms with Crippen LogP contribution in [0.4, 0.5) is 0 Å². The topological polar surface area (TPSA) is 45.8 Å². The van der Waals surface area contributed by atoms with Gasteiger partial charge in [-0.05, 0) is 24.4 Å². The van der Waals surface area contributed by atoms with Crippen molar-refractivity contribution < 1.29 is 0 Å². The molecule has 0 bridgehead atoms. The third-order valence-corrected chi connectivity index (χ3v) is 3.42. The number of aromatic nitrogens is 2. The van der Waals surface area contributed by atoms with E-state index in [0.717, 1.165) is 21.6 Å². The predicted octanol–water partition coefficient (Wildman–Crippen LogP) is 2.96. The van der Waals surface area contributed by atoms with Crippen LogP contribution < -0.4 is 5.56 Å². The fourth-order valence-corrected chi connectivity index (χ4v) is 2.44. The number of hydrogen-bond acceptors (Lipinski definition) is 3. The normalized spacial score (nSPS) is 10.9. The summed E-state index contributed by atoms with van der Waals surface area (Å²) in [6.07, 6.45) is 0. The molecule has 0 spiro atoms. The number of H-pyrrole nitrogens is 1. The Morgan fingerprint density at radius 1 is 1.29 bits per heavy atom. The van der Waals surface area contributed by atoms with Crippen LogP contribution in [-0.4, -0.2) is 9.97 Å². The summed E-state index contributed by atoms with van der Waals surface area (Å²) >= 11 is 1.55. The molecular formula is C13H10N2OS. The van der Waals surface area contributed by atoms with Crippen molar-refractivity contribution in [2.45, 2.75) is 6.92 Å². The lowest BCUT2D eigenvalue weighted by Crippen LogP contribution is -2.08. The van der Waals surface area contributed by atoms with E-state index >= 15 is 0 Å². The minimum absolute atomic E-state index is 0.0889. The van der Waals surface area contributed by atoms with Gasteiger partial charge in [-0.25, -0.2) is 4.98 Å². The van der Waals surface area contributed by atoms with E-state index in [1.54, 1.807) is 11.3 Å². The minimum atomic E-state index is -0.0889. The molecule has 0 radical (unpaired) electrons. The second-order valence-electron chi connectivity index (χ2n) is 3.85. The van der Waals surface area contributed by atoms with Crippen LogP contribution >= 0.6 is 11.3 Å². The van der Waals surface area contributed by atoms with E-state index in [2.05, 4.69) is 9.97 Å². The van der Waals surface area contributed by atoms with Gasteiger partial charge in [-0.3, -0.25) is 4.79 Å². The molecule has 2 aromatic heterocycles. The summed E-state index contributed by atoms with van der Waals surface area (Å²) in [5.74, 6) is 0. The highest BCUT2D eigenvalue weighted by atomic mass is 32.1. The summed E-state index contributed by atoms with van der Waals surface area (Å²) in [7, 11) is 0. The van der Waals surface area contributed by atoms with E-state index in [9.17, 15) is 4.79 Å². The van der Waals surface area contributed by atoms with Crippen molar-refractivity contribution in [3.63, 3.8) is 0 Å². The molecule has 17 heavy (non-hydrogen) atoms. The number of rotatable bonds is 1. The minimum Gasteiger partial charge on any atom is -0.321 e. The summed E-state index contributed by atoms with van der Waals surface area (Å²) in [5, 5.41) is 3.90. The molecule has 3 aromatic rings. The Hall–Kier alpha value is -1.94. The molecular weight excluding hydrogens is 232 g/mol. The zero-order chi connectivity index (χ0) is 11.8. The quantitative estimate of drug-likeness (QED) is 0.713. The first-order valence-electron chi connectivity index (χ1n) is 5.28. The number of aryl methyl sites for hydroxylation is 1. The number of benzene rings is 1. The molecule has 3 rings (SSSR count). The largest absolute Gasteiger partial charge is 0.321 e. The second kappa shape index (κ2) is 3.82. The zero-order valence-corrected chi connectivity index (χ0v) is 10.0. The van der Waals surface area contributed by atoms with E-state index in [1.807, 2.05) is 42.6 Å². The number of thiazole rings is 1. The second-order valence-corrected chi connectivity index (χ2v) is 4.91. The summed E-state index contributed by atoms with van der Waals surface area (Å²) in [4.78, 5) is 19.2. The van der Waals surface area contributed by atoms with E-state index in [1.165, 1.54) is 0 Å². The fraction of sp³-hybridized carbons (Fsp3) is 0.0769. The first kappa shape index (κ1) is 10.2. The smallest absolute Gasteiger partial charge is 0.257 e. The lowest BCUT2D eigenvalue weighted by Gasteiger charge is -2.00. The van der Waals surface area contributed by atoms with Crippen molar-refractivity contribution in [2.24, 2.45) is 0 Å². The molecule has 0 saturated heterocycles. The maximum Gasteiger partial charge on any atom is 0.257 e. The van der Waals surface area contributed by atoms with Gasteiger partial charge in [0.15, 0.2) is 0 Å². The Kier molecular flexibility index (Phi) is 2.30. The summed E-state index contributed by atoms with van der Waals surface area (Å²) in [5.41, 5.74) is 2.15. The van der Waals surface area contributed by atoms with Crippen LogP contribution in [0, 0.1) is 6.92 Å². The number of fused-ring (bicyclic) bond motifs is 1. The Morgan fingerprint density at radius 3 is 2.88 bits per heavy atom. The Balaban J connectivity index is 2.30. The van der Waals surface area contributed by atoms with Crippen molar-refractivity contribution in [2.75, 3.05) is 0 Å². The van der Waals surface area contributed by atoms with E-state index < -0.39 is 0 Å². The van der Waals surface area contributed by atoms with Crippen LogP contribution in [0.25, 0.3) is 22.2 Å². The summed E-state index contributed by atoms with van der Waals surface area (Å²) in [6, 6.07) is 9.63. The van der Waals surface area contributed by atoms with Crippen LogP contribution in [0.15, 0.2) is 40.5 Å². The van der Waals surface area contributed by atoms with Crippen LogP contribution in [0.5, 0.6) is 0 Å². The number of hydrogen-bond donors (Lipinski definition) is 1. The maximum atomic E-state index is 12.0. The molecule has 0 aliphatic heterocycles. The average Bonchev–Trinajstić information content (AvgIpc) is 2.75. The molecule has 0 unspecified atom stereocenters. The first-order valence-corrected chi connectivity index (χ1v) is 6.16. The zero-order valence-electron chi connectivity index (χ0n) is 9.23. The van der Waals surface area contributed by atoms with Crippen LogP contribution in [0.1, 0.15) is 5.01 Å². The van der Waals surface area contributed by atoms with Crippen molar-refractivity contribution >= 4 is 22.2 Å². The van der Waals surface area contributed by atoms with Gasteiger partial charge in [-0.15, -0.1) is 11.3 Å². The summed E-state index contributed by atoms with van der Waals surface area (Å²) < 4.78 is 0. The molecule has 0 aliphatic carbocycles. The highest BCUT2D eigenvalue weighted by Gasteiger charge is 2.07. The lowest BCUT2D eigenvalue weighted by atomic mass is 10.1. The molecule has 0 aliphatic rings. The van der Waals surface area contributed by atoms with Gasteiger partial charge < -0.3 is 4.98 Å². The van der Waals surface area contributed by atoms with E-state index in [-0.39, 0.29) is 5.56 Å². The third kappa shape index (κ3) is 1.76. The standard InChI is InChI=1S/C13H10N2OS/c1-8-14-12(7-17-8)10-6-9-4-2-3-5-11(9)15-13(10)16/h2-7H,1H3,(H,15,16). The monoisotopic (exact) mass is 242 g/mol. The van der Waals surface area contributed by atoms with Gasteiger partial charge in [-0.1, -0.05) is 18.2 Å². The summed E-state index contributed by atoms with van der Waals surface area (Å²) in [6.45, 7) is 1.93. The Morgan fingerprint density at radius 2 is 2.12 bits per heavy atom. The number of aromatic amines is 1. The lowest BCUT2D eigenvalue weighted by molar-refractivity contribution is 1.25. The molecule has 0 fully saturated rings. The average molecular weight is 242 g/mol. The van der Waals surface area contributed by atoms with Gasteiger partial charge in [0, 0.05) is 10.9 Å². The SMILES string of the molecule is Cc1nc(-c2cc3ccccc3[nH]c2=O)cs1. The maximum absolute atomic E-state index is 12.0. The number of nitrogens with one attached hydrogen (secondary N) is 1. The highest BCUT2D eigenvalue weighted by Crippen LogP contribution is 2.21. The van der Waals surface area contributed by atoms with E-state index in [0.29, 0.717) is 5.56 Å². The van der Waals surface area contributed by atoms with Crippen LogP contribution in [0.2, 0.25) is 0 Å². The van der Waals surface area contributed by atoms with Gasteiger partial charge in [-0.2, -0.15) is 0 Å². The van der Waals surface area contributed by atoms with Crippen molar-refractivity contribution in [3.8, 4) is 11.3 Å². The molecule has 0 amide bonds. The molecule has 0 atom stereocenters.